The summed E-state index contributed by atoms with van der Waals surface area (Å²) in [5, 5.41) is 9.31. The second kappa shape index (κ2) is 4.00. The predicted octanol–water partition coefficient (Wildman–Crippen LogP) is 1.96. The van der Waals surface area contributed by atoms with Crippen LogP contribution < -0.4 is 5.73 Å². The molecule has 2 rings (SSSR count). The average molecular weight is 200 g/mol. The van der Waals surface area contributed by atoms with Crippen molar-refractivity contribution < 1.29 is 5.11 Å². The summed E-state index contributed by atoms with van der Waals surface area (Å²) in [5.41, 5.74) is 7.73. The van der Waals surface area contributed by atoms with Crippen molar-refractivity contribution in [3.8, 4) is 5.75 Å². The number of aromatic nitrogens is 1. The molecule has 1 heterocycles. The third kappa shape index (κ3) is 2.26. The van der Waals surface area contributed by atoms with E-state index >= 15 is 0 Å². The summed E-state index contributed by atoms with van der Waals surface area (Å²) in [4.78, 5) is 4.01. The summed E-state index contributed by atoms with van der Waals surface area (Å²) in [5.74, 6) is 0.816. The van der Waals surface area contributed by atoms with E-state index in [-0.39, 0.29) is 5.75 Å². The molecule has 0 radical (unpaired) electrons. The largest absolute Gasteiger partial charge is 0.508 e. The minimum absolute atomic E-state index is 0.273. The topological polar surface area (TPSA) is 59.1 Å². The van der Waals surface area contributed by atoms with Crippen molar-refractivity contribution in [2.45, 2.75) is 6.42 Å². The van der Waals surface area contributed by atoms with Gasteiger partial charge in [0.15, 0.2) is 0 Å². The Hall–Kier alpha value is -2.03. The van der Waals surface area contributed by atoms with Crippen molar-refractivity contribution in [1.29, 1.82) is 0 Å². The molecule has 0 aliphatic rings. The van der Waals surface area contributed by atoms with Crippen LogP contribution in [0.15, 0.2) is 42.6 Å². The van der Waals surface area contributed by atoms with Crippen molar-refractivity contribution in [2.75, 3.05) is 5.73 Å². The van der Waals surface area contributed by atoms with E-state index in [0.717, 1.165) is 11.1 Å². The van der Waals surface area contributed by atoms with Crippen molar-refractivity contribution in [3.05, 3.63) is 53.7 Å². The third-order valence-corrected chi connectivity index (χ3v) is 2.23. The molecule has 0 aliphatic carbocycles. The number of hydrogen-bond acceptors (Lipinski definition) is 3. The quantitative estimate of drug-likeness (QED) is 0.779. The molecule has 2 aromatic rings. The lowest BCUT2D eigenvalue weighted by Gasteiger charge is -2.04. The van der Waals surface area contributed by atoms with Gasteiger partial charge in [-0.05, 0) is 29.3 Å². The normalized spacial score (nSPS) is 10.1. The molecule has 0 saturated carbocycles. The summed E-state index contributed by atoms with van der Waals surface area (Å²) in [6.07, 6.45) is 2.36. The first-order valence-corrected chi connectivity index (χ1v) is 4.73. The van der Waals surface area contributed by atoms with Gasteiger partial charge in [-0.25, -0.2) is 4.98 Å². The molecule has 1 aromatic carbocycles. The van der Waals surface area contributed by atoms with Gasteiger partial charge in [-0.2, -0.15) is 0 Å². The van der Waals surface area contributed by atoms with Crippen LogP contribution in [0.2, 0.25) is 0 Å². The van der Waals surface area contributed by atoms with Gasteiger partial charge in [0.25, 0.3) is 0 Å². The number of anilines is 1. The molecular weight excluding hydrogens is 188 g/mol. The maximum Gasteiger partial charge on any atom is 0.126 e. The van der Waals surface area contributed by atoms with E-state index in [0.29, 0.717) is 12.2 Å². The van der Waals surface area contributed by atoms with Gasteiger partial charge in [-0.15, -0.1) is 0 Å². The first kappa shape index (κ1) is 9.52. The van der Waals surface area contributed by atoms with Gasteiger partial charge in [0, 0.05) is 12.6 Å². The number of phenols is 1. The fourth-order valence-corrected chi connectivity index (χ4v) is 1.49. The summed E-state index contributed by atoms with van der Waals surface area (Å²) < 4.78 is 0. The first-order chi connectivity index (χ1) is 7.25. The molecule has 0 aliphatic heterocycles. The van der Waals surface area contributed by atoms with E-state index in [1.165, 1.54) is 0 Å². The number of nitrogens with two attached hydrogens (primary N) is 1. The van der Waals surface area contributed by atoms with Crippen LogP contribution in [-0.2, 0) is 6.42 Å². The number of nitrogens with zero attached hydrogens (tertiary/aromatic N) is 1. The van der Waals surface area contributed by atoms with Crippen LogP contribution in [0.25, 0.3) is 0 Å². The molecule has 0 amide bonds. The zero-order valence-electron chi connectivity index (χ0n) is 8.22. The SMILES string of the molecule is Nc1ncccc1Cc1cccc(O)c1. The van der Waals surface area contributed by atoms with Gasteiger partial charge in [-0.1, -0.05) is 18.2 Å². The number of hydrogen-bond donors (Lipinski definition) is 2. The fraction of sp³-hybridized carbons (Fsp3) is 0.0833. The molecule has 0 unspecified atom stereocenters. The third-order valence-electron chi connectivity index (χ3n) is 2.23. The van der Waals surface area contributed by atoms with Gasteiger partial charge >= 0.3 is 0 Å². The highest BCUT2D eigenvalue weighted by atomic mass is 16.3. The lowest BCUT2D eigenvalue weighted by atomic mass is 10.1. The van der Waals surface area contributed by atoms with Crippen LogP contribution in [0.3, 0.4) is 0 Å². The van der Waals surface area contributed by atoms with E-state index in [1.807, 2.05) is 24.3 Å². The van der Waals surface area contributed by atoms with Crippen LogP contribution in [0.5, 0.6) is 5.75 Å². The first-order valence-electron chi connectivity index (χ1n) is 4.73. The van der Waals surface area contributed by atoms with E-state index in [4.69, 9.17) is 5.73 Å². The number of benzene rings is 1. The molecule has 0 atom stereocenters. The Kier molecular flexibility index (Phi) is 2.54. The molecule has 0 saturated heterocycles. The molecule has 3 heteroatoms. The Bertz CT molecular complexity index is 469. The second-order valence-corrected chi connectivity index (χ2v) is 3.39. The number of phenolic OH excluding ortho intramolecular Hbond substituents is 1. The summed E-state index contributed by atoms with van der Waals surface area (Å²) >= 11 is 0. The average Bonchev–Trinajstić information content (AvgIpc) is 2.22. The summed E-state index contributed by atoms with van der Waals surface area (Å²) in [6.45, 7) is 0. The predicted molar refractivity (Wildman–Crippen MR) is 59.6 cm³/mol. The second-order valence-electron chi connectivity index (χ2n) is 3.39. The lowest BCUT2D eigenvalue weighted by molar-refractivity contribution is 0.474. The minimum atomic E-state index is 0.273. The fourth-order valence-electron chi connectivity index (χ4n) is 1.49. The zero-order chi connectivity index (χ0) is 10.7. The number of pyridine rings is 1. The summed E-state index contributed by atoms with van der Waals surface area (Å²) in [6, 6.07) is 10.9. The molecule has 0 fully saturated rings. The van der Waals surface area contributed by atoms with Crippen LogP contribution in [0, 0.1) is 0 Å². The van der Waals surface area contributed by atoms with Crippen molar-refractivity contribution >= 4 is 5.82 Å². The molecule has 1 aromatic heterocycles. The molecule has 3 N–H and O–H groups in total. The van der Waals surface area contributed by atoms with Crippen LogP contribution >= 0.6 is 0 Å². The van der Waals surface area contributed by atoms with Gasteiger partial charge in [0.1, 0.15) is 11.6 Å². The lowest BCUT2D eigenvalue weighted by Crippen LogP contribution is -1.97. The molecule has 3 nitrogen and oxygen atoms in total. The number of aromatic hydroxyl groups is 1. The van der Waals surface area contributed by atoms with Gasteiger partial charge < -0.3 is 10.8 Å². The molecule has 76 valence electrons. The highest BCUT2D eigenvalue weighted by Gasteiger charge is 2.01. The summed E-state index contributed by atoms with van der Waals surface area (Å²) in [7, 11) is 0. The maximum absolute atomic E-state index is 9.31. The van der Waals surface area contributed by atoms with E-state index < -0.39 is 0 Å². The van der Waals surface area contributed by atoms with Crippen LogP contribution in [-0.4, -0.2) is 10.1 Å². The van der Waals surface area contributed by atoms with Crippen molar-refractivity contribution in [3.63, 3.8) is 0 Å². The van der Waals surface area contributed by atoms with Gasteiger partial charge in [0.05, 0.1) is 0 Å². The molecule has 0 spiro atoms. The Labute approximate surface area is 88.2 Å². The van der Waals surface area contributed by atoms with Crippen LogP contribution in [0.4, 0.5) is 5.82 Å². The van der Waals surface area contributed by atoms with E-state index in [1.54, 1.807) is 18.3 Å². The smallest absolute Gasteiger partial charge is 0.126 e. The van der Waals surface area contributed by atoms with Crippen molar-refractivity contribution in [1.82, 2.24) is 4.98 Å². The Morgan fingerprint density at radius 1 is 1.20 bits per heavy atom. The van der Waals surface area contributed by atoms with Crippen molar-refractivity contribution in [2.24, 2.45) is 0 Å². The number of nitrogen functional groups attached to an aromatic ring is 1. The maximum atomic E-state index is 9.31. The standard InChI is InChI=1S/C12H12N2O/c13-12-10(4-2-6-14-12)7-9-3-1-5-11(15)8-9/h1-6,8,15H,7H2,(H2,13,14). The highest BCUT2D eigenvalue weighted by Crippen LogP contribution is 2.17. The highest BCUT2D eigenvalue weighted by molar-refractivity contribution is 5.42. The van der Waals surface area contributed by atoms with Gasteiger partial charge in [-0.3, -0.25) is 0 Å². The Balaban J connectivity index is 2.26. The Morgan fingerprint density at radius 3 is 2.80 bits per heavy atom. The van der Waals surface area contributed by atoms with Crippen LogP contribution in [0.1, 0.15) is 11.1 Å². The number of rotatable bonds is 2. The zero-order valence-corrected chi connectivity index (χ0v) is 8.22. The van der Waals surface area contributed by atoms with E-state index in [9.17, 15) is 5.11 Å². The Morgan fingerprint density at radius 2 is 2.07 bits per heavy atom. The van der Waals surface area contributed by atoms with E-state index in [2.05, 4.69) is 4.98 Å². The molecule has 0 bridgehead atoms. The van der Waals surface area contributed by atoms with Gasteiger partial charge in [0.2, 0.25) is 0 Å². The molecular formula is C12H12N2O. The molecule has 15 heavy (non-hydrogen) atoms. The minimum Gasteiger partial charge on any atom is -0.508 e. The monoisotopic (exact) mass is 200 g/mol.